The summed E-state index contributed by atoms with van der Waals surface area (Å²) in [5.74, 6) is 0.782. The lowest BCUT2D eigenvalue weighted by molar-refractivity contribution is -0.127. The van der Waals surface area contributed by atoms with E-state index in [0.29, 0.717) is 0 Å². The number of piperidine rings is 1. The molecule has 1 heterocycles. The molecule has 4 heteroatoms. The maximum Gasteiger partial charge on any atom is 0.246 e. The van der Waals surface area contributed by atoms with Crippen molar-refractivity contribution in [3.8, 4) is 0 Å². The molecule has 1 fully saturated rings. The molecule has 0 saturated carbocycles. The van der Waals surface area contributed by atoms with Crippen LogP contribution in [0, 0.1) is 5.92 Å². The standard InChI is InChI=1S/C13H26N2O2/c1-11(2)17-10-13(16)14-7-4-12-5-8-15(3)9-6-12/h11-12H,4-10H2,1-3H3,(H,14,16). The summed E-state index contributed by atoms with van der Waals surface area (Å²) in [6.07, 6.45) is 3.74. The first-order chi connectivity index (χ1) is 8.08. The molecule has 1 aliphatic rings. The van der Waals surface area contributed by atoms with Gasteiger partial charge in [-0.15, -0.1) is 0 Å². The van der Waals surface area contributed by atoms with Crippen LogP contribution >= 0.6 is 0 Å². The molecule has 1 aliphatic heterocycles. The van der Waals surface area contributed by atoms with Crippen molar-refractivity contribution < 1.29 is 9.53 Å². The highest BCUT2D eigenvalue weighted by molar-refractivity contribution is 5.77. The minimum absolute atomic E-state index is 0.00614. The van der Waals surface area contributed by atoms with Crippen LogP contribution in [-0.4, -0.2) is 50.2 Å². The number of rotatable bonds is 6. The Hall–Kier alpha value is -0.610. The Labute approximate surface area is 105 Å². The van der Waals surface area contributed by atoms with Gasteiger partial charge in [0, 0.05) is 6.54 Å². The summed E-state index contributed by atoms with van der Waals surface area (Å²) in [6, 6.07) is 0. The molecule has 4 nitrogen and oxygen atoms in total. The molecule has 0 spiro atoms. The van der Waals surface area contributed by atoms with E-state index in [4.69, 9.17) is 4.74 Å². The van der Waals surface area contributed by atoms with Crippen molar-refractivity contribution in [1.82, 2.24) is 10.2 Å². The number of amides is 1. The third-order valence-electron chi connectivity index (χ3n) is 3.26. The van der Waals surface area contributed by atoms with Gasteiger partial charge in [-0.1, -0.05) is 0 Å². The largest absolute Gasteiger partial charge is 0.369 e. The Bertz CT molecular complexity index is 223. The predicted molar refractivity (Wildman–Crippen MR) is 68.9 cm³/mol. The number of ether oxygens (including phenoxy) is 1. The van der Waals surface area contributed by atoms with Crippen LogP contribution in [0.3, 0.4) is 0 Å². The lowest BCUT2D eigenvalue weighted by Crippen LogP contribution is -2.34. The van der Waals surface area contributed by atoms with Crippen LogP contribution in [0.5, 0.6) is 0 Å². The van der Waals surface area contributed by atoms with Crippen LogP contribution in [0.1, 0.15) is 33.1 Å². The summed E-state index contributed by atoms with van der Waals surface area (Å²) in [5, 5.41) is 2.92. The van der Waals surface area contributed by atoms with Crippen LogP contribution in [0.25, 0.3) is 0 Å². The highest BCUT2D eigenvalue weighted by Gasteiger charge is 2.16. The molecule has 0 aromatic rings. The molecule has 1 N–H and O–H groups in total. The smallest absolute Gasteiger partial charge is 0.246 e. The second-order valence-electron chi connectivity index (χ2n) is 5.25. The van der Waals surface area contributed by atoms with Crippen molar-refractivity contribution in [3.05, 3.63) is 0 Å². The van der Waals surface area contributed by atoms with Crippen molar-refractivity contribution in [2.24, 2.45) is 5.92 Å². The molecule has 1 amide bonds. The van der Waals surface area contributed by atoms with Gasteiger partial charge in [0.25, 0.3) is 0 Å². The molecule has 17 heavy (non-hydrogen) atoms. The molecule has 0 aliphatic carbocycles. The first-order valence-electron chi connectivity index (χ1n) is 6.64. The normalized spacial score (nSPS) is 18.6. The van der Waals surface area contributed by atoms with Crippen LogP contribution in [-0.2, 0) is 9.53 Å². The Morgan fingerprint density at radius 1 is 1.41 bits per heavy atom. The molecule has 1 saturated heterocycles. The minimum atomic E-state index is 0.00614. The SMILES string of the molecule is CC(C)OCC(=O)NCCC1CCN(C)CC1. The second-order valence-corrected chi connectivity index (χ2v) is 5.25. The number of carbonyl (C=O) groups excluding carboxylic acids is 1. The summed E-state index contributed by atoms with van der Waals surface area (Å²) in [4.78, 5) is 13.8. The van der Waals surface area contributed by atoms with Crippen LogP contribution in [0.2, 0.25) is 0 Å². The van der Waals surface area contributed by atoms with Crippen LogP contribution in [0.4, 0.5) is 0 Å². The Balaban J connectivity index is 2.01. The highest BCUT2D eigenvalue weighted by atomic mass is 16.5. The topological polar surface area (TPSA) is 41.6 Å². The fraction of sp³-hybridized carbons (Fsp3) is 0.923. The first kappa shape index (κ1) is 14.5. The molecule has 100 valence electrons. The van der Waals surface area contributed by atoms with E-state index in [1.807, 2.05) is 13.8 Å². The molecule has 0 aromatic carbocycles. The second kappa shape index (κ2) is 7.67. The zero-order chi connectivity index (χ0) is 12.7. The monoisotopic (exact) mass is 242 g/mol. The van der Waals surface area contributed by atoms with Gasteiger partial charge in [0.2, 0.25) is 5.91 Å². The van der Waals surface area contributed by atoms with E-state index in [9.17, 15) is 4.79 Å². The van der Waals surface area contributed by atoms with Crippen LogP contribution < -0.4 is 5.32 Å². The zero-order valence-corrected chi connectivity index (χ0v) is 11.4. The lowest BCUT2D eigenvalue weighted by Gasteiger charge is -2.28. The number of hydrogen-bond acceptors (Lipinski definition) is 3. The summed E-state index contributed by atoms with van der Waals surface area (Å²) in [5.41, 5.74) is 0. The van der Waals surface area contributed by atoms with E-state index in [1.165, 1.54) is 25.9 Å². The van der Waals surface area contributed by atoms with Gasteiger partial charge in [-0.05, 0) is 59.2 Å². The quantitative estimate of drug-likeness (QED) is 0.762. The van der Waals surface area contributed by atoms with E-state index in [2.05, 4.69) is 17.3 Å². The van der Waals surface area contributed by atoms with E-state index in [-0.39, 0.29) is 18.6 Å². The van der Waals surface area contributed by atoms with Crippen molar-refractivity contribution in [1.29, 1.82) is 0 Å². The van der Waals surface area contributed by atoms with Gasteiger partial charge < -0.3 is 15.0 Å². The van der Waals surface area contributed by atoms with Gasteiger partial charge in [-0.3, -0.25) is 4.79 Å². The van der Waals surface area contributed by atoms with Gasteiger partial charge in [-0.2, -0.15) is 0 Å². The van der Waals surface area contributed by atoms with Gasteiger partial charge in [-0.25, -0.2) is 0 Å². The first-order valence-corrected chi connectivity index (χ1v) is 6.64. The Morgan fingerprint density at radius 2 is 2.06 bits per heavy atom. The Morgan fingerprint density at radius 3 is 2.65 bits per heavy atom. The molecular formula is C13H26N2O2. The third kappa shape index (κ3) is 6.64. The van der Waals surface area contributed by atoms with Crippen molar-refractivity contribution >= 4 is 5.91 Å². The highest BCUT2D eigenvalue weighted by Crippen LogP contribution is 2.18. The summed E-state index contributed by atoms with van der Waals surface area (Å²) >= 11 is 0. The van der Waals surface area contributed by atoms with Crippen LogP contribution in [0.15, 0.2) is 0 Å². The maximum atomic E-state index is 11.4. The average molecular weight is 242 g/mol. The van der Waals surface area contributed by atoms with E-state index in [1.54, 1.807) is 0 Å². The van der Waals surface area contributed by atoms with Gasteiger partial charge in [0.1, 0.15) is 6.61 Å². The molecule has 0 radical (unpaired) electrons. The number of likely N-dealkylation sites (tertiary alicyclic amines) is 1. The van der Waals surface area contributed by atoms with E-state index >= 15 is 0 Å². The molecule has 0 atom stereocenters. The molecule has 0 aromatic heterocycles. The van der Waals surface area contributed by atoms with Crippen molar-refractivity contribution in [3.63, 3.8) is 0 Å². The van der Waals surface area contributed by atoms with Crippen molar-refractivity contribution in [2.45, 2.75) is 39.2 Å². The average Bonchev–Trinajstić information content (AvgIpc) is 2.29. The Kier molecular flexibility index (Phi) is 6.52. The van der Waals surface area contributed by atoms with E-state index < -0.39 is 0 Å². The lowest BCUT2D eigenvalue weighted by atomic mass is 9.94. The number of carbonyl (C=O) groups is 1. The summed E-state index contributed by atoms with van der Waals surface area (Å²) in [7, 11) is 2.17. The van der Waals surface area contributed by atoms with Gasteiger partial charge in [0.05, 0.1) is 6.10 Å². The van der Waals surface area contributed by atoms with Crippen molar-refractivity contribution in [2.75, 3.05) is 33.3 Å². The number of nitrogens with zero attached hydrogens (tertiary/aromatic N) is 1. The predicted octanol–water partition coefficient (Wildman–Crippen LogP) is 1.26. The summed E-state index contributed by atoms with van der Waals surface area (Å²) < 4.78 is 5.24. The van der Waals surface area contributed by atoms with Gasteiger partial charge in [0.15, 0.2) is 0 Å². The maximum absolute atomic E-state index is 11.4. The zero-order valence-electron chi connectivity index (χ0n) is 11.4. The molecule has 0 unspecified atom stereocenters. The number of hydrogen-bond donors (Lipinski definition) is 1. The van der Waals surface area contributed by atoms with Gasteiger partial charge >= 0.3 is 0 Å². The van der Waals surface area contributed by atoms with E-state index in [0.717, 1.165) is 18.9 Å². The third-order valence-corrected chi connectivity index (χ3v) is 3.26. The minimum Gasteiger partial charge on any atom is -0.369 e. The fourth-order valence-corrected chi connectivity index (χ4v) is 2.06. The number of nitrogens with one attached hydrogen (secondary N) is 1. The summed E-state index contributed by atoms with van der Waals surface area (Å²) in [6.45, 7) is 7.22. The molecular weight excluding hydrogens is 216 g/mol. The molecule has 1 rings (SSSR count). The molecule has 0 bridgehead atoms. The fourth-order valence-electron chi connectivity index (χ4n) is 2.06.